The van der Waals surface area contributed by atoms with Crippen molar-refractivity contribution in [1.29, 1.82) is 0 Å². The summed E-state index contributed by atoms with van der Waals surface area (Å²) in [5.41, 5.74) is 8.11. The lowest BCUT2D eigenvalue weighted by Crippen LogP contribution is -2.10. The third kappa shape index (κ3) is 3.95. The van der Waals surface area contributed by atoms with Gasteiger partial charge in [-0.05, 0) is 29.8 Å². The molecule has 0 atom stereocenters. The van der Waals surface area contributed by atoms with Crippen molar-refractivity contribution >= 4 is 21.5 Å². The molecule has 3 aromatic rings. The van der Waals surface area contributed by atoms with Crippen LogP contribution in [0.4, 0.5) is 15.9 Å². The van der Waals surface area contributed by atoms with Crippen molar-refractivity contribution in [3.8, 4) is 22.3 Å². The molecule has 0 aliphatic rings. The Morgan fingerprint density at radius 2 is 1.72 bits per heavy atom. The van der Waals surface area contributed by atoms with Crippen molar-refractivity contribution in [3.05, 3.63) is 66.6 Å². The van der Waals surface area contributed by atoms with Crippen LogP contribution in [0.15, 0.2) is 60.8 Å². The smallest absolute Gasteiger partial charge is 0.229 e. The van der Waals surface area contributed by atoms with Gasteiger partial charge in [-0.3, -0.25) is 4.72 Å². The predicted molar refractivity (Wildman–Crippen MR) is 97.9 cm³/mol. The highest BCUT2D eigenvalue weighted by Gasteiger charge is 2.12. The van der Waals surface area contributed by atoms with E-state index in [1.807, 2.05) is 0 Å². The number of sulfonamides is 1. The minimum Gasteiger partial charge on any atom is -0.384 e. The first-order valence-electron chi connectivity index (χ1n) is 7.42. The van der Waals surface area contributed by atoms with Gasteiger partial charge >= 0.3 is 0 Å². The molecule has 0 unspecified atom stereocenters. The molecule has 1 aromatic heterocycles. The van der Waals surface area contributed by atoms with Gasteiger partial charge in [-0.1, -0.05) is 30.3 Å². The number of rotatable bonds is 4. The number of aromatic nitrogens is 1. The molecule has 0 aliphatic heterocycles. The van der Waals surface area contributed by atoms with Crippen LogP contribution in [0.1, 0.15) is 0 Å². The molecule has 0 aliphatic carbocycles. The van der Waals surface area contributed by atoms with Crippen LogP contribution in [-0.4, -0.2) is 19.7 Å². The van der Waals surface area contributed by atoms with Crippen LogP contribution in [0.3, 0.4) is 0 Å². The van der Waals surface area contributed by atoms with Gasteiger partial charge in [0.1, 0.15) is 11.6 Å². The monoisotopic (exact) mass is 357 g/mol. The first-order chi connectivity index (χ1) is 11.8. The van der Waals surface area contributed by atoms with Gasteiger partial charge < -0.3 is 5.73 Å². The molecule has 3 N–H and O–H groups in total. The van der Waals surface area contributed by atoms with E-state index in [1.165, 1.54) is 12.3 Å². The van der Waals surface area contributed by atoms with Gasteiger partial charge in [0.2, 0.25) is 10.0 Å². The maximum Gasteiger partial charge on any atom is 0.229 e. The number of anilines is 2. The second-order valence-corrected chi connectivity index (χ2v) is 7.33. The van der Waals surface area contributed by atoms with Crippen LogP contribution in [0.5, 0.6) is 0 Å². The zero-order chi connectivity index (χ0) is 18.0. The fraction of sp³-hybridized carbons (Fsp3) is 0.0556. The number of hydrogen-bond donors (Lipinski definition) is 2. The second-order valence-electron chi connectivity index (χ2n) is 5.59. The summed E-state index contributed by atoms with van der Waals surface area (Å²) in [4.78, 5) is 3.97. The Morgan fingerprint density at radius 1 is 1.00 bits per heavy atom. The zero-order valence-corrected chi connectivity index (χ0v) is 14.2. The van der Waals surface area contributed by atoms with Crippen LogP contribution in [0.2, 0.25) is 0 Å². The molecular weight excluding hydrogens is 341 g/mol. The number of hydrogen-bond acceptors (Lipinski definition) is 4. The van der Waals surface area contributed by atoms with Gasteiger partial charge in [0.25, 0.3) is 0 Å². The molecule has 0 saturated carbocycles. The highest BCUT2D eigenvalue weighted by Crippen LogP contribution is 2.32. The lowest BCUT2D eigenvalue weighted by molar-refractivity contribution is 0.607. The van der Waals surface area contributed by atoms with Gasteiger partial charge in [0.15, 0.2) is 0 Å². The van der Waals surface area contributed by atoms with E-state index >= 15 is 0 Å². The third-order valence-corrected chi connectivity index (χ3v) is 4.19. The normalized spacial score (nSPS) is 11.3. The Morgan fingerprint density at radius 3 is 2.36 bits per heavy atom. The molecule has 2 aromatic carbocycles. The molecule has 25 heavy (non-hydrogen) atoms. The van der Waals surface area contributed by atoms with Crippen LogP contribution < -0.4 is 10.5 Å². The van der Waals surface area contributed by atoms with Crippen molar-refractivity contribution < 1.29 is 12.8 Å². The number of para-hydroxylation sites is 1. The summed E-state index contributed by atoms with van der Waals surface area (Å²) in [6.07, 6.45) is 2.58. The van der Waals surface area contributed by atoms with Gasteiger partial charge in [-0.15, -0.1) is 0 Å². The lowest BCUT2D eigenvalue weighted by Gasteiger charge is -2.12. The van der Waals surface area contributed by atoms with E-state index in [4.69, 9.17) is 5.73 Å². The zero-order valence-electron chi connectivity index (χ0n) is 13.4. The topological polar surface area (TPSA) is 85.1 Å². The number of nitrogen functional groups attached to an aromatic ring is 1. The Bertz CT molecular complexity index is 1020. The average Bonchev–Trinajstić information content (AvgIpc) is 2.55. The van der Waals surface area contributed by atoms with E-state index in [0.717, 1.165) is 6.26 Å². The summed E-state index contributed by atoms with van der Waals surface area (Å²) in [5, 5.41) is 0. The molecule has 128 valence electrons. The maximum absolute atomic E-state index is 14.6. The van der Waals surface area contributed by atoms with Crippen molar-refractivity contribution in [2.75, 3.05) is 16.7 Å². The van der Waals surface area contributed by atoms with E-state index < -0.39 is 15.8 Å². The summed E-state index contributed by atoms with van der Waals surface area (Å²) in [6, 6.07) is 14.9. The molecule has 1 heterocycles. The Labute approximate surface area is 145 Å². The quantitative estimate of drug-likeness (QED) is 0.748. The number of halogens is 1. The Hall–Kier alpha value is -2.93. The number of nitrogens with one attached hydrogen (secondary N) is 1. The van der Waals surface area contributed by atoms with Gasteiger partial charge in [0.05, 0.1) is 11.9 Å². The minimum atomic E-state index is -3.44. The van der Waals surface area contributed by atoms with E-state index in [2.05, 4.69) is 9.71 Å². The lowest BCUT2D eigenvalue weighted by atomic mass is 9.99. The highest BCUT2D eigenvalue weighted by molar-refractivity contribution is 7.92. The molecule has 0 spiro atoms. The van der Waals surface area contributed by atoms with Crippen molar-refractivity contribution in [1.82, 2.24) is 4.98 Å². The highest BCUT2D eigenvalue weighted by atomic mass is 32.2. The Balaban J connectivity index is 2.03. The summed E-state index contributed by atoms with van der Waals surface area (Å²) >= 11 is 0. The van der Waals surface area contributed by atoms with Crippen LogP contribution in [0, 0.1) is 5.82 Å². The Kier molecular flexibility index (Phi) is 4.41. The molecule has 3 rings (SSSR count). The first kappa shape index (κ1) is 16.9. The molecule has 0 amide bonds. The fourth-order valence-electron chi connectivity index (χ4n) is 2.50. The van der Waals surface area contributed by atoms with Crippen molar-refractivity contribution in [3.63, 3.8) is 0 Å². The van der Waals surface area contributed by atoms with Gasteiger partial charge in [-0.2, -0.15) is 0 Å². The summed E-state index contributed by atoms with van der Waals surface area (Å²) < 4.78 is 40.1. The van der Waals surface area contributed by atoms with E-state index in [1.54, 1.807) is 48.5 Å². The number of nitrogens with zero attached hydrogens (tertiary/aromatic N) is 1. The van der Waals surface area contributed by atoms with Crippen molar-refractivity contribution in [2.24, 2.45) is 0 Å². The van der Waals surface area contributed by atoms with Crippen LogP contribution in [0.25, 0.3) is 22.3 Å². The van der Waals surface area contributed by atoms with E-state index in [0.29, 0.717) is 33.8 Å². The summed E-state index contributed by atoms with van der Waals surface area (Å²) in [5.74, 6) is -0.0696. The fourth-order valence-corrected chi connectivity index (χ4v) is 3.08. The maximum atomic E-state index is 14.6. The molecule has 0 bridgehead atoms. The second kappa shape index (κ2) is 6.52. The predicted octanol–water partition coefficient (Wildman–Crippen LogP) is 3.51. The SMILES string of the molecule is CS(=O)(=O)Nc1ccccc1-c1ccc(-c2ccc(N)nc2)c(F)c1. The summed E-state index contributed by atoms with van der Waals surface area (Å²) in [7, 11) is -3.44. The van der Waals surface area contributed by atoms with Gasteiger partial charge in [0, 0.05) is 22.9 Å². The van der Waals surface area contributed by atoms with Crippen molar-refractivity contribution in [2.45, 2.75) is 0 Å². The molecule has 0 fully saturated rings. The minimum absolute atomic E-state index is 0.363. The standard InChI is InChI=1S/C18H16FN3O2S/c1-25(23,24)22-17-5-3-2-4-15(17)12-6-8-14(16(19)10-12)13-7-9-18(20)21-11-13/h2-11,22H,1H3,(H2,20,21). The molecular formula is C18H16FN3O2S. The number of nitrogens with two attached hydrogens (primary N) is 1. The number of benzene rings is 2. The molecule has 5 nitrogen and oxygen atoms in total. The molecule has 0 saturated heterocycles. The van der Waals surface area contributed by atoms with E-state index in [9.17, 15) is 12.8 Å². The molecule has 7 heteroatoms. The molecule has 0 radical (unpaired) electrons. The summed E-state index contributed by atoms with van der Waals surface area (Å²) in [6.45, 7) is 0. The average molecular weight is 357 g/mol. The largest absolute Gasteiger partial charge is 0.384 e. The number of pyridine rings is 1. The van der Waals surface area contributed by atoms with Crippen LogP contribution >= 0.6 is 0 Å². The first-order valence-corrected chi connectivity index (χ1v) is 9.31. The van der Waals surface area contributed by atoms with E-state index in [-0.39, 0.29) is 0 Å². The third-order valence-electron chi connectivity index (χ3n) is 3.60. The van der Waals surface area contributed by atoms with Crippen LogP contribution in [-0.2, 0) is 10.0 Å². The van der Waals surface area contributed by atoms with Gasteiger partial charge in [-0.25, -0.2) is 17.8 Å².